The van der Waals surface area contributed by atoms with Gasteiger partial charge in [-0.2, -0.15) is 0 Å². The largest absolute Gasteiger partial charge is 0.338 e. The molecule has 8 nitrogen and oxygen atoms in total. The molecule has 1 aromatic carbocycles. The number of hydrogen-bond acceptors (Lipinski definition) is 6. The van der Waals surface area contributed by atoms with Crippen LogP contribution in [0.15, 0.2) is 53.9 Å². The van der Waals surface area contributed by atoms with Crippen molar-refractivity contribution in [2.75, 3.05) is 12.3 Å². The van der Waals surface area contributed by atoms with E-state index in [9.17, 15) is 9.59 Å². The molecule has 0 aliphatic carbocycles. The van der Waals surface area contributed by atoms with Gasteiger partial charge < -0.3 is 5.32 Å². The number of nitrogens with zero attached hydrogens (tertiary/aromatic N) is 4. The number of imide groups is 1. The second-order valence-electron chi connectivity index (χ2n) is 6.49. The van der Waals surface area contributed by atoms with Crippen LogP contribution < -0.4 is 10.6 Å². The van der Waals surface area contributed by atoms with E-state index in [1.165, 1.54) is 17.3 Å². The Morgan fingerprint density at radius 2 is 1.77 bits per heavy atom. The Balaban J connectivity index is 1.83. The first kappa shape index (κ1) is 21.5. The quantitative estimate of drug-likeness (QED) is 0.539. The summed E-state index contributed by atoms with van der Waals surface area (Å²) < 4.78 is 1.91. The lowest BCUT2D eigenvalue weighted by Crippen LogP contribution is -2.40. The molecule has 0 aliphatic heterocycles. The number of aryl methyl sites for hydroxylation is 1. The summed E-state index contributed by atoms with van der Waals surface area (Å²) in [6.45, 7) is 4.56. The van der Waals surface area contributed by atoms with E-state index in [0.717, 1.165) is 24.1 Å². The Morgan fingerprint density at radius 1 is 1.03 bits per heavy atom. The highest BCUT2D eigenvalue weighted by atomic mass is 32.2. The van der Waals surface area contributed by atoms with Gasteiger partial charge >= 0.3 is 6.03 Å². The Hall–Kier alpha value is -3.20. The number of carbonyl (C=O) groups excluding carboxylic acids is 2. The summed E-state index contributed by atoms with van der Waals surface area (Å²) in [5, 5.41) is 14.1. The Morgan fingerprint density at radius 3 is 2.43 bits per heavy atom. The van der Waals surface area contributed by atoms with Crippen molar-refractivity contribution in [2.45, 2.75) is 31.8 Å². The molecule has 0 saturated carbocycles. The predicted molar refractivity (Wildman–Crippen MR) is 117 cm³/mol. The van der Waals surface area contributed by atoms with Crippen molar-refractivity contribution < 1.29 is 9.59 Å². The van der Waals surface area contributed by atoms with Crippen LogP contribution in [0, 0.1) is 0 Å². The average Bonchev–Trinajstić information content (AvgIpc) is 3.21. The molecule has 0 fully saturated rings. The molecule has 3 aromatic rings. The van der Waals surface area contributed by atoms with Crippen LogP contribution in [0.2, 0.25) is 0 Å². The predicted octanol–water partition coefficient (Wildman–Crippen LogP) is 3.22. The second kappa shape index (κ2) is 10.5. The van der Waals surface area contributed by atoms with Gasteiger partial charge in [-0.3, -0.25) is 19.7 Å². The minimum absolute atomic E-state index is 0.0427. The first-order chi connectivity index (χ1) is 14.6. The molecule has 2 aromatic heterocycles. The molecule has 3 amide bonds. The van der Waals surface area contributed by atoms with Gasteiger partial charge in [0.05, 0.1) is 5.75 Å². The van der Waals surface area contributed by atoms with E-state index in [1.807, 2.05) is 35.8 Å². The van der Waals surface area contributed by atoms with E-state index in [-0.39, 0.29) is 5.75 Å². The highest BCUT2D eigenvalue weighted by Crippen LogP contribution is 2.27. The Kier molecular flexibility index (Phi) is 7.56. The van der Waals surface area contributed by atoms with Crippen LogP contribution >= 0.6 is 11.8 Å². The normalized spacial score (nSPS) is 10.6. The summed E-state index contributed by atoms with van der Waals surface area (Å²) in [6, 6.07) is 11.4. The molecular formula is C21H24N6O2S. The first-order valence-corrected chi connectivity index (χ1v) is 10.8. The zero-order chi connectivity index (χ0) is 21.3. The molecule has 0 atom stereocenters. The van der Waals surface area contributed by atoms with Gasteiger partial charge in [0.2, 0.25) is 5.91 Å². The van der Waals surface area contributed by atoms with Crippen LogP contribution in [0.25, 0.3) is 17.1 Å². The number of hydrogen-bond donors (Lipinski definition) is 2. The van der Waals surface area contributed by atoms with Crippen molar-refractivity contribution >= 4 is 23.7 Å². The van der Waals surface area contributed by atoms with Crippen LogP contribution in [-0.2, 0) is 11.2 Å². The van der Waals surface area contributed by atoms with Crippen LogP contribution in [0.3, 0.4) is 0 Å². The molecule has 0 radical (unpaired) electrons. The minimum Gasteiger partial charge on any atom is -0.338 e. The molecule has 0 bridgehead atoms. The summed E-state index contributed by atoms with van der Waals surface area (Å²) in [5.41, 5.74) is 2.99. The molecule has 0 aliphatic rings. The number of benzene rings is 1. The van der Waals surface area contributed by atoms with E-state index in [0.29, 0.717) is 17.5 Å². The van der Waals surface area contributed by atoms with E-state index >= 15 is 0 Å². The number of urea groups is 1. The van der Waals surface area contributed by atoms with Crippen molar-refractivity contribution in [2.24, 2.45) is 0 Å². The SMILES string of the molecule is CCCNC(=O)NC(=O)CSc1nnc(-c2ccncc2)n1-c1ccc(CC)cc1. The zero-order valence-electron chi connectivity index (χ0n) is 17.0. The van der Waals surface area contributed by atoms with Crippen LogP contribution in [0.1, 0.15) is 25.8 Å². The molecule has 0 spiro atoms. The molecule has 2 heterocycles. The van der Waals surface area contributed by atoms with Gasteiger partial charge in [0.15, 0.2) is 11.0 Å². The lowest BCUT2D eigenvalue weighted by atomic mass is 10.1. The van der Waals surface area contributed by atoms with Crippen molar-refractivity contribution in [1.29, 1.82) is 0 Å². The fourth-order valence-corrected chi connectivity index (χ4v) is 3.49. The Labute approximate surface area is 179 Å². The maximum Gasteiger partial charge on any atom is 0.321 e. The fourth-order valence-electron chi connectivity index (χ4n) is 2.74. The molecule has 3 rings (SSSR count). The van der Waals surface area contributed by atoms with Gasteiger partial charge in [0, 0.05) is 30.2 Å². The number of aromatic nitrogens is 4. The van der Waals surface area contributed by atoms with E-state index < -0.39 is 11.9 Å². The molecule has 156 valence electrons. The van der Waals surface area contributed by atoms with Crippen molar-refractivity contribution in [3.63, 3.8) is 0 Å². The number of amides is 3. The van der Waals surface area contributed by atoms with Crippen molar-refractivity contribution in [1.82, 2.24) is 30.4 Å². The lowest BCUT2D eigenvalue weighted by molar-refractivity contribution is -0.117. The van der Waals surface area contributed by atoms with Gasteiger partial charge in [0.25, 0.3) is 0 Å². The van der Waals surface area contributed by atoms with Crippen molar-refractivity contribution in [3.8, 4) is 17.1 Å². The smallest absolute Gasteiger partial charge is 0.321 e. The third-order valence-corrected chi connectivity index (χ3v) is 5.22. The number of carbonyl (C=O) groups is 2. The summed E-state index contributed by atoms with van der Waals surface area (Å²) in [6.07, 6.45) is 5.14. The second-order valence-corrected chi connectivity index (χ2v) is 7.43. The third kappa shape index (κ3) is 5.44. The summed E-state index contributed by atoms with van der Waals surface area (Å²) in [5.74, 6) is 0.307. The van der Waals surface area contributed by atoms with Gasteiger partial charge in [-0.25, -0.2) is 4.79 Å². The Bertz CT molecular complexity index is 988. The minimum atomic E-state index is -0.489. The van der Waals surface area contributed by atoms with Gasteiger partial charge in [-0.05, 0) is 42.7 Å². The van der Waals surface area contributed by atoms with Crippen LogP contribution in [0.4, 0.5) is 4.79 Å². The van der Waals surface area contributed by atoms with Gasteiger partial charge in [0.1, 0.15) is 0 Å². The third-order valence-electron chi connectivity index (χ3n) is 4.30. The molecule has 0 saturated heterocycles. The van der Waals surface area contributed by atoms with E-state index in [4.69, 9.17) is 0 Å². The summed E-state index contributed by atoms with van der Waals surface area (Å²) in [7, 11) is 0. The highest BCUT2D eigenvalue weighted by Gasteiger charge is 2.18. The number of nitrogens with one attached hydrogen (secondary N) is 2. The van der Waals surface area contributed by atoms with E-state index in [1.54, 1.807) is 12.4 Å². The number of rotatable bonds is 8. The maximum atomic E-state index is 12.1. The van der Waals surface area contributed by atoms with Crippen molar-refractivity contribution in [3.05, 3.63) is 54.4 Å². The number of pyridine rings is 1. The van der Waals surface area contributed by atoms with Crippen LogP contribution in [0.5, 0.6) is 0 Å². The van der Waals surface area contributed by atoms with Crippen LogP contribution in [-0.4, -0.2) is 44.0 Å². The first-order valence-electron chi connectivity index (χ1n) is 9.78. The zero-order valence-corrected chi connectivity index (χ0v) is 17.8. The molecule has 30 heavy (non-hydrogen) atoms. The molecule has 9 heteroatoms. The van der Waals surface area contributed by atoms with E-state index in [2.05, 4.69) is 44.9 Å². The fraction of sp³-hybridized carbons (Fsp3) is 0.286. The van der Waals surface area contributed by atoms with Gasteiger partial charge in [-0.1, -0.05) is 37.7 Å². The van der Waals surface area contributed by atoms with Gasteiger partial charge in [-0.15, -0.1) is 10.2 Å². The average molecular weight is 425 g/mol. The molecule has 0 unspecified atom stereocenters. The summed E-state index contributed by atoms with van der Waals surface area (Å²) >= 11 is 1.22. The molecular weight excluding hydrogens is 400 g/mol. The topological polar surface area (TPSA) is 102 Å². The maximum absolute atomic E-state index is 12.1. The monoisotopic (exact) mass is 424 g/mol. The number of thioether (sulfide) groups is 1. The lowest BCUT2D eigenvalue weighted by Gasteiger charge is -2.11. The highest BCUT2D eigenvalue weighted by molar-refractivity contribution is 7.99. The summed E-state index contributed by atoms with van der Waals surface area (Å²) in [4.78, 5) is 27.9. The standard InChI is InChI=1S/C21H24N6O2S/c1-3-11-23-20(29)24-18(28)14-30-21-26-25-19(16-9-12-22-13-10-16)27(21)17-7-5-15(4-2)6-8-17/h5-10,12-13H,3-4,11,14H2,1-2H3,(H2,23,24,28,29). The molecule has 2 N–H and O–H groups in total.